The molecule has 1 aromatic carbocycles. The normalized spacial score (nSPS) is 25.8. The lowest BCUT2D eigenvalue weighted by Gasteiger charge is -2.29. The quantitative estimate of drug-likeness (QED) is 0.893. The fourth-order valence-electron chi connectivity index (χ4n) is 2.30. The lowest BCUT2D eigenvalue weighted by Crippen LogP contribution is -2.35. The topological polar surface area (TPSA) is 29.5 Å². The van der Waals surface area contributed by atoms with E-state index in [1.165, 1.54) is 12.2 Å². The minimum atomic E-state index is -0.276. The first-order valence-corrected chi connectivity index (χ1v) is 7.07. The highest BCUT2D eigenvalue weighted by Gasteiger charge is 2.36. The van der Waals surface area contributed by atoms with E-state index in [2.05, 4.69) is 13.0 Å². The van der Waals surface area contributed by atoms with Gasteiger partial charge in [0.2, 0.25) is 0 Å². The summed E-state index contributed by atoms with van der Waals surface area (Å²) in [5.41, 5.74) is 1.14. The molecule has 94 valence electrons. The monoisotopic (exact) mass is 252 g/mol. The van der Waals surface area contributed by atoms with Crippen LogP contribution < -0.4 is 4.74 Å². The molecule has 1 fully saturated rings. The van der Waals surface area contributed by atoms with E-state index in [-0.39, 0.29) is 10.9 Å². The number of aliphatic hydroxyl groups excluding tert-OH is 1. The van der Waals surface area contributed by atoms with Gasteiger partial charge in [-0.1, -0.05) is 12.1 Å². The molecule has 1 N–H and O–H groups in total. The molecule has 1 aliphatic heterocycles. The van der Waals surface area contributed by atoms with Crippen LogP contribution >= 0.6 is 11.8 Å². The summed E-state index contributed by atoms with van der Waals surface area (Å²) in [6, 6.07) is 7.97. The van der Waals surface area contributed by atoms with Crippen LogP contribution in [0.1, 0.15) is 25.3 Å². The zero-order valence-electron chi connectivity index (χ0n) is 10.5. The van der Waals surface area contributed by atoms with Crippen molar-refractivity contribution >= 4 is 11.8 Å². The first kappa shape index (κ1) is 12.8. The number of methoxy groups -OCH3 is 1. The minimum Gasteiger partial charge on any atom is -0.497 e. The number of thioether (sulfide) groups is 1. The maximum Gasteiger partial charge on any atom is 0.119 e. The van der Waals surface area contributed by atoms with Crippen LogP contribution in [0.5, 0.6) is 5.75 Å². The predicted molar refractivity (Wildman–Crippen MR) is 72.8 cm³/mol. The Kier molecular flexibility index (Phi) is 4.00. The van der Waals surface area contributed by atoms with Crippen molar-refractivity contribution in [1.29, 1.82) is 0 Å². The van der Waals surface area contributed by atoms with E-state index in [1.54, 1.807) is 7.11 Å². The van der Waals surface area contributed by atoms with Gasteiger partial charge in [-0.15, -0.1) is 0 Å². The fraction of sp³-hybridized carbons (Fsp3) is 0.571. The van der Waals surface area contributed by atoms with E-state index in [1.807, 2.05) is 30.0 Å². The summed E-state index contributed by atoms with van der Waals surface area (Å²) in [7, 11) is 1.67. The SMILES string of the molecule is COc1cccc(CC(O)C2(C)CCCS2)c1. The van der Waals surface area contributed by atoms with Crippen LogP contribution in [0.15, 0.2) is 24.3 Å². The Balaban J connectivity index is 2.04. The maximum atomic E-state index is 10.4. The first-order valence-electron chi connectivity index (χ1n) is 6.09. The molecule has 17 heavy (non-hydrogen) atoms. The van der Waals surface area contributed by atoms with Gasteiger partial charge >= 0.3 is 0 Å². The molecule has 0 bridgehead atoms. The average molecular weight is 252 g/mol. The summed E-state index contributed by atoms with van der Waals surface area (Å²) in [4.78, 5) is 0. The Morgan fingerprint density at radius 2 is 2.35 bits per heavy atom. The number of benzene rings is 1. The van der Waals surface area contributed by atoms with Crippen LogP contribution in [0.3, 0.4) is 0 Å². The van der Waals surface area contributed by atoms with E-state index >= 15 is 0 Å². The van der Waals surface area contributed by atoms with Crippen molar-refractivity contribution in [2.45, 2.75) is 37.0 Å². The van der Waals surface area contributed by atoms with Gasteiger partial charge in [-0.3, -0.25) is 0 Å². The number of ether oxygens (including phenoxy) is 1. The summed E-state index contributed by atoms with van der Waals surface area (Å²) in [6.07, 6.45) is 2.77. The Morgan fingerprint density at radius 1 is 1.53 bits per heavy atom. The molecule has 1 aliphatic rings. The van der Waals surface area contributed by atoms with Crippen molar-refractivity contribution in [2.75, 3.05) is 12.9 Å². The van der Waals surface area contributed by atoms with Crippen molar-refractivity contribution < 1.29 is 9.84 Å². The third-order valence-corrected chi connectivity index (χ3v) is 5.15. The van der Waals surface area contributed by atoms with Crippen molar-refractivity contribution in [2.24, 2.45) is 0 Å². The molecule has 1 saturated heterocycles. The minimum absolute atomic E-state index is 0.0308. The molecule has 2 nitrogen and oxygen atoms in total. The second-order valence-electron chi connectivity index (χ2n) is 4.84. The Bertz CT molecular complexity index is 372. The van der Waals surface area contributed by atoms with E-state index < -0.39 is 0 Å². The summed E-state index contributed by atoms with van der Waals surface area (Å²) in [6.45, 7) is 2.18. The van der Waals surface area contributed by atoms with Crippen LogP contribution in [-0.2, 0) is 6.42 Å². The molecule has 0 spiro atoms. The smallest absolute Gasteiger partial charge is 0.119 e. The van der Waals surface area contributed by atoms with E-state index in [0.29, 0.717) is 6.42 Å². The molecule has 3 heteroatoms. The molecule has 2 atom stereocenters. The summed E-state index contributed by atoms with van der Waals surface area (Å²) in [5.74, 6) is 2.03. The standard InChI is InChI=1S/C14H20O2S/c1-14(7-4-8-17-14)13(15)10-11-5-3-6-12(9-11)16-2/h3,5-6,9,13,15H,4,7-8,10H2,1-2H3. The van der Waals surface area contributed by atoms with E-state index in [0.717, 1.165) is 17.7 Å². The number of aliphatic hydroxyl groups is 1. The van der Waals surface area contributed by atoms with Gasteiger partial charge in [0, 0.05) is 4.75 Å². The fourth-order valence-corrected chi connectivity index (χ4v) is 3.62. The highest BCUT2D eigenvalue weighted by atomic mass is 32.2. The lowest BCUT2D eigenvalue weighted by molar-refractivity contribution is 0.133. The second kappa shape index (κ2) is 5.32. The largest absolute Gasteiger partial charge is 0.497 e. The maximum absolute atomic E-state index is 10.4. The van der Waals surface area contributed by atoms with Crippen LogP contribution in [0, 0.1) is 0 Å². The molecule has 0 aromatic heterocycles. The van der Waals surface area contributed by atoms with Gasteiger partial charge in [0.05, 0.1) is 13.2 Å². The summed E-state index contributed by atoms with van der Waals surface area (Å²) in [5, 5.41) is 10.4. The van der Waals surface area contributed by atoms with Crippen molar-refractivity contribution in [1.82, 2.24) is 0 Å². The zero-order chi connectivity index (χ0) is 12.3. The molecule has 0 saturated carbocycles. The van der Waals surface area contributed by atoms with Gasteiger partial charge in [0.1, 0.15) is 5.75 Å². The van der Waals surface area contributed by atoms with Gasteiger partial charge < -0.3 is 9.84 Å². The molecular formula is C14H20O2S. The third kappa shape index (κ3) is 2.96. The molecule has 0 amide bonds. The van der Waals surface area contributed by atoms with Gasteiger partial charge in [0.15, 0.2) is 0 Å². The Labute approximate surface area is 107 Å². The molecule has 1 heterocycles. The van der Waals surface area contributed by atoms with Gasteiger partial charge in [-0.05, 0) is 49.6 Å². The summed E-state index contributed by atoms with van der Waals surface area (Å²) < 4.78 is 5.23. The highest BCUT2D eigenvalue weighted by molar-refractivity contribution is 8.00. The molecule has 0 radical (unpaired) electrons. The van der Waals surface area contributed by atoms with Crippen molar-refractivity contribution in [3.05, 3.63) is 29.8 Å². The van der Waals surface area contributed by atoms with Crippen LogP contribution in [0.25, 0.3) is 0 Å². The van der Waals surface area contributed by atoms with Gasteiger partial charge in [-0.25, -0.2) is 0 Å². The number of hydrogen-bond acceptors (Lipinski definition) is 3. The first-order chi connectivity index (χ1) is 8.14. The summed E-state index contributed by atoms with van der Waals surface area (Å²) >= 11 is 1.90. The Morgan fingerprint density at radius 3 is 3.00 bits per heavy atom. The highest BCUT2D eigenvalue weighted by Crippen LogP contribution is 2.41. The average Bonchev–Trinajstić information content (AvgIpc) is 2.78. The predicted octanol–water partition coefficient (Wildman–Crippen LogP) is 2.88. The zero-order valence-corrected chi connectivity index (χ0v) is 11.3. The van der Waals surface area contributed by atoms with E-state index in [4.69, 9.17) is 4.74 Å². The third-order valence-electron chi connectivity index (χ3n) is 3.52. The molecular weight excluding hydrogens is 232 g/mol. The van der Waals surface area contributed by atoms with Crippen LogP contribution in [0.2, 0.25) is 0 Å². The Hall–Kier alpha value is -0.670. The van der Waals surface area contributed by atoms with Crippen molar-refractivity contribution in [3.63, 3.8) is 0 Å². The molecule has 2 rings (SSSR count). The number of rotatable bonds is 4. The number of hydrogen-bond donors (Lipinski definition) is 1. The van der Waals surface area contributed by atoms with Crippen LogP contribution in [0.4, 0.5) is 0 Å². The molecule has 2 unspecified atom stereocenters. The van der Waals surface area contributed by atoms with Gasteiger partial charge in [0.25, 0.3) is 0 Å². The molecule has 1 aromatic rings. The lowest BCUT2D eigenvalue weighted by atomic mass is 9.93. The second-order valence-corrected chi connectivity index (χ2v) is 6.47. The van der Waals surface area contributed by atoms with Crippen LogP contribution in [-0.4, -0.2) is 28.8 Å². The molecule has 0 aliphatic carbocycles. The van der Waals surface area contributed by atoms with E-state index in [9.17, 15) is 5.11 Å². The van der Waals surface area contributed by atoms with Gasteiger partial charge in [-0.2, -0.15) is 11.8 Å². The van der Waals surface area contributed by atoms with Crippen molar-refractivity contribution in [3.8, 4) is 5.75 Å².